The van der Waals surface area contributed by atoms with Gasteiger partial charge in [-0.2, -0.15) is 0 Å². The Morgan fingerprint density at radius 1 is 1.15 bits per heavy atom. The van der Waals surface area contributed by atoms with E-state index in [-0.39, 0.29) is 42.4 Å². The van der Waals surface area contributed by atoms with Gasteiger partial charge < -0.3 is 16.0 Å². The highest BCUT2D eigenvalue weighted by Crippen LogP contribution is 2.20. The lowest BCUT2D eigenvalue weighted by atomic mass is 9.96. The highest BCUT2D eigenvalue weighted by molar-refractivity contribution is 5.34. The summed E-state index contributed by atoms with van der Waals surface area (Å²) in [7, 11) is 0. The molecule has 0 fully saturated rings. The average molecular weight is 381 g/mol. The minimum atomic E-state index is -1.07. The molecule has 0 spiro atoms. The van der Waals surface area contributed by atoms with Crippen molar-refractivity contribution in [1.82, 2.24) is 15.5 Å². The van der Waals surface area contributed by atoms with Crippen LogP contribution in [0.5, 0.6) is 0 Å². The molecule has 0 aliphatic heterocycles. The Bertz CT molecular complexity index is 883. The zero-order valence-electron chi connectivity index (χ0n) is 16.3. The van der Waals surface area contributed by atoms with Crippen LogP contribution in [0.2, 0.25) is 0 Å². The van der Waals surface area contributed by atoms with E-state index in [0.29, 0.717) is 12.1 Å². The van der Waals surface area contributed by atoms with Crippen molar-refractivity contribution >= 4 is 0 Å². The number of rotatable bonds is 7. The van der Waals surface area contributed by atoms with Gasteiger partial charge in [0.25, 0.3) is 5.56 Å². The third-order valence-electron chi connectivity index (χ3n) is 4.13. The Morgan fingerprint density at radius 3 is 2.26 bits per heavy atom. The fourth-order valence-corrected chi connectivity index (χ4v) is 3.17. The smallest absolute Gasteiger partial charge is 0.362 e. The molecule has 1 heterocycles. The molecule has 0 unspecified atom stereocenters. The Morgan fingerprint density at radius 2 is 1.74 bits per heavy atom. The lowest BCUT2D eigenvalue weighted by Gasteiger charge is -2.19. The standard InChI is InChI=1S/C19H25FN2O4.H3N/c1-12(2)17-16(10-15-8-13(3)7-14(4)9-15)21(11-26-6-5-23)19(25)22(20)18(17)24;/h7-9,12,23H,5-6,10-11H2,1-4H3;1H3. The fourth-order valence-electron chi connectivity index (χ4n) is 3.17. The quantitative estimate of drug-likeness (QED) is 0.715. The average Bonchev–Trinajstić information content (AvgIpc) is 2.54. The third kappa shape index (κ3) is 5.12. The van der Waals surface area contributed by atoms with E-state index < -0.39 is 11.2 Å². The van der Waals surface area contributed by atoms with Crippen LogP contribution in [0.3, 0.4) is 0 Å². The molecule has 0 aliphatic carbocycles. The van der Waals surface area contributed by atoms with Crippen LogP contribution in [0.25, 0.3) is 0 Å². The van der Waals surface area contributed by atoms with Crippen molar-refractivity contribution in [2.75, 3.05) is 13.2 Å². The van der Waals surface area contributed by atoms with Crippen molar-refractivity contribution in [3.8, 4) is 0 Å². The summed E-state index contributed by atoms with van der Waals surface area (Å²) in [6, 6.07) is 5.98. The molecule has 1 aromatic carbocycles. The van der Waals surface area contributed by atoms with Crippen molar-refractivity contribution in [2.45, 2.75) is 46.8 Å². The number of benzene rings is 1. The van der Waals surface area contributed by atoms with E-state index in [0.717, 1.165) is 21.3 Å². The number of halogens is 1. The minimum Gasteiger partial charge on any atom is -0.394 e. The van der Waals surface area contributed by atoms with Crippen LogP contribution in [-0.4, -0.2) is 27.7 Å². The third-order valence-corrected chi connectivity index (χ3v) is 4.13. The molecule has 1 aromatic heterocycles. The molecule has 150 valence electrons. The molecule has 7 nitrogen and oxygen atoms in total. The van der Waals surface area contributed by atoms with Crippen LogP contribution in [0.15, 0.2) is 27.8 Å². The molecule has 0 bridgehead atoms. The number of hydrogen-bond donors (Lipinski definition) is 2. The molecule has 0 radical (unpaired) electrons. The van der Waals surface area contributed by atoms with Gasteiger partial charge in [0.15, 0.2) is 0 Å². The lowest BCUT2D eigenvalue weighted by Crippen LogP contribution is -2.41. The summed E-state index contributed by atoms with van der Waals surface area (Å²) in [6.45, 7) is 7.07. The lowest BCUT2D eigenvalue weighted by molar-refractivity contribution is 0.0416. The zero-order chi connectivity index (χ0) is 19.4. The molecule has 0 amide bonds. The van der Waals surface area contributed by atoms with Crippen molar-refractivity contribution < 1.29 is 14.3 Å². The molecular weight excluding hydrogens is 353 g/mol. The number of hydrogen-bond acceptors (Lipinski definition) is 5. The van der Waals surface area contributed by atoms with Gasteiger partial charge in [0.1, 0.15) is 6.73 Å². The molecule has 0 atom stereocenters. The van der Waals surface area contributed by atoms with E-state index in [1.165, 1.54) is 0 Å². The maximum absolute atomic E-state index is 14.1. The normalized spacial score (nSPS) is 10.9. The summed E-state index contributed by atoms with van der Waals surface area (Å²) < 4.78 is 20.5. The van der Waals surface area contributed by atoms with Gasteiger partial charge in [-0.15, -0.1) is 0 Å². The largest absolute Gasteiger partial charge is 0.394 e. The van der Waals surface area contributed by atoms with Crippen LogP contribution >= 0.6 is 0 Å². The minimum absolute atomic E-state index is 0. The number of nitrogens with zero attached hydrogens (tertiary/aromatic N) is 2. The second-order valence-corrected chi connectivity index (χ2v) is 6.75. The molecule has 0 saturated heterocycles. The Kier molecular flexibility index (Phi) is 8.08. The van der Waals surface area contributed by atoms with Crippen LogP contribution in [-0.2, 0) is 17.9 Å². The Balaban J connectivity index is 0.00000364. The number of aliphatic hydroxyl groups excluding tert-OH is 1. The molecule has 27 heavy (non-hydrogen) atoms. The van der Waals surface area contributed by atoms with Gasteiger partial charge >= 0.3 is 5.69 Å². The predicted octanol–water partition coefficient (Wildman–Crippen LogP) is 2.20. The van der Waals surface area contributed by atoms with Crippen molar-refractivity contribution in [1.29, 1.82) is 0 Å². The first-order valence-corrected chi connectivity index (χ1v) is 8.56. The van der Waals surface area contributed by atoms with Crippen LogP contribution in [0.4, 0.5) is 4.48 Å². The van der Waals surface area contributed by atoms with Crippen LogP contribution in [0, 0.1) is 13.8 Å². The molecule has 0 saturated carbocycles. The van der Waals surface area contributed by atoms with Crippen LogP contribution in [0.1, 0.15) is 47.7 Å². The van der Waals surface area contributed by atoms with E-state index in [1.54, 1.807) is 13.8 Å². The van der Waals surface area contributed by atoms with Gasteiger partial charge in [-0.05, 0) is 25.3 Å². The fraction of sp³-hybridized carbons (Fsp3) is 0.474. The maximum atomic E-state index is 14.1. The predicted molar refractivity (Wildman–Crippen MR) is 102 cm³/mol. The summed E-state index contributed by atoms with van der Waals surface area (Å²) in [5.41, 5.74) is 1.74. The molecular formula is C19H28FN3O4. The van der Waals surface area contributed by atoms with E-state index >= 15 is 0 Å². The summed E-state index contributed by atoms with van der Waals surface area (Å²) in [5, 5.41) is 8.88. The van der Waals surface area contributed by atoms with Crippen molar-refractivity contribution in [3.05, 3.63) is 67.0 Å². The number of ether oxygens (including phenoxy) is 1. The Hall–Kier alpha value is -2.29. The zero-order valence-corrected chi connectivity index (χ0v) is 16.3. The van der Waals surface area contributed by atoms with Gasteiger partial charge in [-0.1, -0.05) is 52.4 Å². The van der Waals surface area contributed by atoms with Crippen molar-refractivity contribution in [3.63, 3.8) is 0 Å². The Labute approximate surface area is 157 Å². The summed E-state index contributed by atoms with van der Waals surface area (Å²) in [6.07, 6.45) is 0.309. The molecule has 2 rings (SSSR count). The summed E-state index contributed by atoms with van der Waals surface area (Å²) >= 11 is 0. The second-order valence-electron chi connectivity index (χ2n) is 6.75. The van der Waals surface area contributed by atoms with Crippen LogP contribution < -0.4 is 17.4 Å². The monoisotopic (exact) mass is 381 g/mol. The first kappa shape index (κ1) is 22.8. The van der Waals surface area contributed by atoms with Gasteiger partial charge in [-0.25, -0.2) is 4.79 Å². The molecule has 0 aliphatic rings. The van der Waals surface area contributed by atoms with Crippen molar-refractivity contribution in [2.24, 2.45) is 0 Å². The van der Waals surface area contributed by atoms with E-state index in [9.17, 15) is 14.1 Å². The van der Waals surface area contributed by atoms with Gasteiger partial charge in [0.2, 0.25) is 0 Å². The van der Waals surface area contributed by atoms with E-state index in [2.05, 4.69) is 0 Å². The summed E-state index contributed by atoms with van der Waals surface area (Å²) in [5.74, 6) is -0.268. The molecule has 2 aromatic rings. The number of aliphatic hydroxyl groups is 1. The second kappa shape index (κ2) is 9.59. The number of aryl methyl sites for hydroxylation is 2. The molecule has 8 heteroatoms. The van der Waals surface area contributed by atoms with Gasteiger partial charge in [-0.3, -0.25) is 9.36 Å². The first-order chi connectivity index (χ1) is 12.3. The SMILES string of the molecule is Cc1cc(C)cc(Cc2c(C(C)C)c(=O)n(F)c(=O)n2COCCO)c1.N. The van der Waals surface area contributed by atoms with E-state index in [4.69, 9.17) is 9.84 Å². The highest BCUT2D eigenvalue weighted by atomic mass is 19.2. The van der Waals surface area contributed by atoms with E-state index in [1.807, 2.05) is 32.0 Å². The summed E-state index contributed by atoms with van der Waals surface area (Å²) in [4.78, 5) is 24.3. The molecule has 4 N–H and O–H groups in total. The first-order valence-electron chi connectivity index (χ1n) is 8.56. The van der Waals surface area contributed by atoms with Gasteiger partial charge in [0.05, 0.1) is 13.2 Å². The van der Waals surface area contributed by atoms with Gasteiger partial charge in [0, 0.05) is 17.7 Å². The highest BCUT2D eigenvalue weighted by Gasteiger charge is 2.22. The number of aromatic nitrogens is 2. The topological polar surface area (TPSA) is 108 Å². The maximum Gasteiger partial charge on any atom is 0.362 e.